The van der Waals surface area contributed by atoms with E-state index in [1.807, 2.05) is 11.8 Å². The minimum atomic E-state index is -0.0700. The third-order valence-electron chi connectivity index (χ3n) is 3.79. The fraction of sp³-hybridized carbons (Fsp3) is 0.278. The molecule has 3 rings (SSSR count). The molecular formula is C18H18NOSi. The maximum Gasteiger partial charge on any atom is 0.217 e. The Labute approximate surface area is 129 Å². The smallest absolute Gasteiger partial charge is 0.217 e. The summed E-state index contributed by atoms with van der Waals surface area (Å²) in [4.78, 5) is 4.82. The van der Waals surface area contributed by atoms with E-state index in [4.69, 9.17) is 9.73 Å². The van der Waals surface area contributed by atoms with Crippen molar-refractivity contribution < 1.29 is 4.74 Å². The Morgan fingerprint density at radius 3 is 2.76 bits per heavy atom. The molecular weight excluding hydrogens is 274 g/mol. The summed E-state index contributed by atoms with van der Waals surface area (Å²) in [6.07, 6.45) is 2.98. The van der Waals surface area contributed by atoms with Gasteiger partial charge in [0.2, 0.25) is 5.90 Å². The third-order valence-corrected chi connectivity index (χ3v) is 3.96. The minimum absolute atomic E-state index is 0.0700. The molecule has 0 saturated carbocycles. The van der Waals surface area contributed by atoms with Crippen LogP contribution in [-0.2, 0) is 4.74 Å². The van der Waals surface area contributed by atoms with Gasteiger partial charge in [-0.1, -0.05) is 42.5 Å². The molecule has 0 spiro atoms. The number of hydrogen-bond acceptors (Lipinski definition) is 2. The Kier molecular flexibility index (Phi) is 3.68. The fourth-order valence-corrected chi connectivity index (χ4v) is 2.82. The van der Waals surface area contributed by atoms with Gasteiger partial charge in [0.25, 0.3) is 0 Å². The molecule has 0 fully saturated rings. The molecule has 0 atom stereocenters. The Balaban J connectivity index is 2.28. The Hall–Kier alpha value is -1.87. The molecule has 0 unspecified atom stereocenters. The highest BCUT2D eigenvalue weighted by molar-refractivity contribution is 6.20. The number of hydrogen-bond donors (Lipinski definition) is 0. The molecule has 0 bridgehead atoms. The summed E-state index contributed by atoms with van der Waals surface area (Å²) in [6.45, 7) is 5.02. The first-order valence-corrected chi connectivity index (χ1v) is 7.77. The van der Waals surface area contributed by atoms with Crippen molar-refractivity contribution in [2.24, 2.45) is 4.99 Å². The fourth-order valence-electron chi connectivity index (χ4n) is 2.64. The van der Waals surface area contributed by atoms with Crippen molar-refractivity contribution in [1.82, 2.24) is 0 Å². The van der Waals surface area contributed by atoms with E-state index in [0.717, 1.165) is 23.4 Å². The molecule has 2 aromatic rings. The van der Waals surface area contributed by atoms with Gasteiger partial charge in [0.15, 0.2) is 0 Å². The number of aliphatic imine (C=N–C) groups is 1. The number of ether oxygens (including phenoxy) is 1. The molecule has 1 aliphatic heterocycles. The zero-order valence-corrected chi connectivity index (χ0v) is 13.4. The molecule has 0 N–H and O–H groups in total. The molecule has 21 heavy (non-hydrogen) atoms. The summed E-state index contributed by atoms with van der Waals surface area (Å²) in [6, 6.07) is 12.6. The van der Waals surface area contributed by atoms with Gasteiger partial charge in [0.05, 0.1) is 28.0 Å². The highest BCUT2D eigenvalue weighted by atomic mass is 28.1. The lowest BCUT2D eigenvalue weighted by Gasteiger charge is -2.28. The van der Waals surface area contributed by atoms with Crippen molar-refractivity contribution >= 4 is 33.0 Å². The van der Waals surface area contributed by atoms with E-state index in [9.17, 15) is 0 Å². The van der Waals surface area contributed by atoms with Crippen molar-refractivity contribution in [1.29, 1.82) is 0 Å². The van der Waals surface area contributed by atoms with Crippen LogP contribution in [0.5, 0.6) is 0 Å². The van der Waals surface area contributed by atoms with Crippen molar-refractivity contribution in [3.8, 4) is 0 Å². The molecule has 1 aliphatic rings. The second kappa shape index (κ2) is 5.49. The van der Waals surface area contributed by atoms with Gasteiger partial charge in [-0.05, 0) is 30.2 Å². The summed E-state index contributed by atoms with van der Waals surface area (Å²) >= 11 is 0. The SMILES string of the molecule is CC1(C)CCOC(c2c(/C=C/[Si])ccc3ccccc23)=N1. The number of nitrogens with zero attached hydrogens (tertiary/aromatic N) is 1. The van der Waals surface area contributed by atoms with Crippen LogP contribution in [-0.4, -0.2) is 28.3 Å². The normalized spacial score (nSPS) is 17.8. The van der Waals surface area contributed by atoms with Gasteiger partial charge in [-0.2, -0.15) is 0 Å². The molecule has 105 valence electrons. The summed E-state index contributed by atoms with van der Waals surface area (Å²) < 4.78 is 5.89. The number of benzene rings is 2. The number of fused-ring (bicyclic) bond motifs is 1. The summed E-state index contributed by atoms with van der Waals surface area (Å²) in [7, 11) is 3.42. The average molecular weight is 292 g/mol. The highest BCUT2D eigenvalue weighted by Gasteiger charge is 2.25. The van der Waals surface area contributed by atoms with Gasteiger partial charge >= 0.3 is 0 Å². The second-order valence-corrected chi connectivity index (χ2v) is 6.25. The van der Waals surface area contributed by atoms with Gasteiger partial charge in [0, 0.05) is 6.42 Å². The van der Waals surface area contributed by atoms with E-state index in [1.165, 1.54) is 10.8 Å². The monoisotopic (exact) mass is 292 g/mol. The van der Waals surface area contributed by atoms with Crippen LogP contribution in [0.25, 0.3) is 16.8 Å². The average Bonchev–Trinajstić information content (AvgIpc) is 2.46. The van der Waals surface area contributed by atoms with Crippen LogP contribution < -0.4 is 0 Å². The van der Waals surface area contributed by atoms with Gasteiger partial charge in [-0.15, -0.1) is 5.70 Å². The molecule has 0 amide bonds. The van der Waals surface area contributed by atoms with Crippen LogP contribution in [0.4, 0.5) is 0 Å². The topological polar surface area (TPSA) is 21.6 Å². The standard InChI is InChI=1S/C18H18NOSi/c1-18(2)10-11-20-17(19-18)16-14(9-12-21)8-7-13-5-3-4-6-15(13)16/h3-9,12H,10-11H2,1-2H3/b12-9+. The molecule has 2 nitrogen and oxygen atoms in total. The van der Waals surface area contributed by atoms with Crippen molar-refractivity contribution in [2.75, 3.05) is 6.61 Å². The van der Waals surface area contributed by atoms with Crippen LogP contribution in [0.2, 0.25) is 0 Å². The van der Waals surface area contributed by atoms with Gasteiger partial charge < -0.3 is 4.74 Å². The summed E-state index contributed by atoms with van der Waals surface area (Å²) in [5.74, 6) is 0.753. The molecule has 0 saturated heterocycles. The molecule has 3 heteroatoms. The van der Waals surface area contributed by atoms with E-state index in [2.05, 4.69) is 60.5 Å². The van der Waals surface area contributed by atoms with Gasteiger partial charge in [0.1, 0.15) is 0 Å². The lowest BCUT2D eigenvalue weighted by molar-refractivity contribution is 0.232. The highest BCUT2D eigenvalue weighted by Crippen LogP contribution is 2.29. The van der Waals surface area contributed by atoms with E-state index in [1.54, 1.807) is 0 Å². The van der Waals surface area contributed by atoms with Gasteiger partial charge in [-0.3, -0.25) is 0 Å². The number of rotatable bonds is 2. The second-order valence-electron chi connectivity index (χ2n) is 5.91. The lowest BCUT2D eigenvalue weighted by atomic mass is 9.96. The Bertz CT molecular complexity index is 731. The van der Waals surface area contributed by atoms with Crippen molar-refractivity contribution in [3.63, 3.8) is 0 Å². The zero-order valence-electron chi connectivity index (χ0n) is 12.4. The summed E-state index contributed by atoms with van der Waals surface area (Å²) in [5.41, 5.74) is 3.98. The Morgan fingerprint density at radius 1 is 1.19 bits per heavy atom. The maximum atomic E-state index is 5.89. The van der Waals surface area contributed by atoms with E-state index in [-0.39, 0.29) is 5.54 Å². The van der Waals surface area contributed by atoms with Gasteiger partial charge in [-0.25, -0.2) is 4.99 Å². The quantitative estimate of drug-likeness (QED) is 0.769. The van der Waals surface area contributed by atoms with E-state index >= 15 is 0 Å². The van der Waals surface area contributed by atoms with E-state index < -0.39 is 0 Å². The predicted molar refractivity (Wildman–Crippen MR) is 89.9 cm³/mol. The molecule has 0 aliphatic carbocycles. The Morgan fingerprint density at radius 2 is 2.00 bits per heavy atom. The van der Waals surface area contributed by atoms with Crippen LogP contribution in [0, 0.1) is 0 Å². The lowest BCUT2D eigenvalue weighted by Crippen LogP contribution is -2.29. The largest absolute Gasteiger partial charge is 0.477 e. The van der Waals surface area contributed by atoms with Crippen LogP contribution >= 0.6 is 0 Å². The first kappa shape index (κ1) is 14.1. The third kappa shape index (κ3) is 2.79. The zero-order chi connectivity index (χ0) is 14.9. The predicted octanol–water partition coefficient (Wildman–Crippen LogP) is 3.92. The van der Waals surface area contributed by atoms with Crippen LogP contribution in [0.1, 0.15) is 31.4 Å². The summed E-state index contributed by atoms with van der Waals surface area (Å²) in [5, 5.41) is 2.38. The first-order valence-electron chi connectivity index (χ1n) is 7.19. The molecule has 1 heterocycles. The molecule has 2 aromatic carbocycles. The molecule has 0 aromatic heterocycles. The van der Waals surface area contributed by atoms with Crippen molar-refractivity contribution in [2.45, 2.75) is 25.8 Å². The molecule has 3 radical (unpaired) electrons. The first-order chi connectivity index (χ1) is 10.1. The minimum Gasteiger partial charge on any atom is -0.477 e. The van der Waals surface area contributed by atoms with Crippen LogP contribution in [0.3, 0.4) is 0 Å². The van der Waals surface area contributed by atoms with E-state index in [0.29, 0.717) is 6.61 Å². The maximum absolute atomic E-state index is 5.89. The van der Waals surface area contributed by atoms with Crippen molar-refractivity contribution in [3.05, 3.63) is 53.2 Å². The van der Waals surface area contributed by atoms with Crippen LogP contribution in [0.15, 0.2) is 47.1 Å².